The molecule has 6 nitrogen and oxygen atoms in total. The summed E-state index contributed by atoms with van der Waals surface area (Å²) in [5.41, 5.74) is 0.216. The highest BCUT2D eigenvalue weighted by Crippen LogP contribution is 2.24. The van der Waals surface area contributed by atoms with Gasteiger partial charge in [-0.3, -0.25) is 14.9 Å². The molecule has 8 heteroatoms. The monoisotopic (exact) mass is 337 g/mol. The summed E-state index contributed by atoms with van der Waals surface area (Å²) in [4.78, 5) is 26.3. The topological polar surface area (TPSA) is 85.1 Å². The molecule has 1 N–H and O–H groups in total. The number of nitrogens with one attached hydrogen (secondary N) is 1. The van der Waals surface area contributed by atoms with Crippen molar-refractivity contribution in [2.75, 3.05) is 0 Å². The molecule has 0 bridgehead atoms. The first-order valence-electron chi connectivity index (χ1n) is 6.85. The summed E-state index contributed by atoms with van der Waals surface area (Å²) in [5.74, 6) is -1.56. The third-order valence-electron chi connectivity index (χ3n) is 3.13. The first-order chi connectivity index (χ1) is 10.7. The van der Waals surface area contributed by atoms with E-state index in [-0.39, 0.29) is 17.5 Å². The second-order valence-electron chi connectivity index (χ2n) is 5.98. The predicted octanol–water partition coefficient (Wildman–Crippen LogP) is 3.42. The number of carbonyl (C=O) groups is 1. The van der Waals surface area contributed by atoms with E-state index in [1.54, 1.807) is 0 Å². The number of rotatable bonds is 4. The minimum absolute atomic E-state index is 0.0801. The highest BCUT2D eigenvalue weighted by atomic mass is 32.1. The van der Waals surface area contributed by atoms with Gasteiger partial charge in [0.2, 0.25) is 0 Å². The number of thiazole rings is 1. The van der Waals surface area contributed by atoms with Gasteiger partial charge >= 0.3 is 0 Å². The molecule has 2 rings (SSSR count). The van der Waals surface area contributed by atoms with Gasteiger partial charge < -0.3 is 5.32 Å². The Kier molecular flexibility index (Phi) is 4.74. The minimum Gasteiger partial charge on any atom is -0.345 e. The van der Waals surface area contributed by atoms with Gasteiger partial charge in [0, 0.05) is 16.9 Å². The van der Waals surface area contributed by atoms with E-state index in [2.05, 4.69) is 10.3 Å². The molecular formula is C15H16FN3O3S. The smallest absolute Gasteiger partial charge is 0.272 e. The molecule has 0 spiro atoms. The number of nitrogens with zero attached hydrogens (tertiary/aromatic N) is 2. The highest BCUT2D eigenvalue weighted by Gasteiger charge is 2.19. The number of hydrogen-bond acceptors (Lipinski definition) is 5. The molecule has 0 unspecified atom stereocenters. The molecule has 0 saturated heterocycles. The molecule has 0 fully saturated rings. The Morgan fingerprint density at radius 3 is 2.65 bits per heavy atom. The van der Waals surface area contributed by atoms with Crippen LogP contribution in [0.2, 0.25) is 0 Å². The normalized spacial score (nSPS) is 11.3. The summed E-state index contributed by atoms with van der Waals surface area (Å²) in [5, 5.41) is 15.8. The summed E-state index contributed by atoms with van der Waals surface area (Å²) < 4.78 is 13.8. The molecule has 1 amide bonds. The van der Waals surface area contributed by atoms with E-state index in [0.717, 1.165) is 23.9 Å². The number of carbonyl (C=O) groups excluding carboxylic acids is 1. The maximum absolute atomic E-state index is 13.8. The molecule has 0 atom stereocenters. The average Bonchev–Trinajstić information content (AvgIpc) is 2.93. The van der Waals surface area contributed by atoms with E-state index in [1.807, 2.05) is 26.2 Å². The van der Waals surface area contributed by atoms with Gasteiger partial charge in [-0.15, -0.1) is 11.3 Å². The Balaban J connectivity index is 2.05. The van der Waals surface area contributed by atoms with Gasteiger partial charge in [0.25, 0.3) is 11.6 Å². The molecule has 0 aliphatic carbocycles. The van der Waals surface area contributed by atoms with Crippen LogP contribution in [0.25, 0.3) is 0 Å². The molecular weight excluding hydrogens is 321 g/mol. The van der Waals surface area contributed by atoms with Crippen molar-refractivity contribution in [3.63, 3.8) is 0 Å². The van der Waals surface area contributed by atoms with Crippen LogP contribution in [0.1, 0.15) is 41.8 Å². The van der Waals surface area contributed by atoms with Gasteiger partial charge in [0.1, 0.15) is 10.8 Å². The Morgan fingerprint density at radius 2 is 2.13 bits per heavy atom. The van der Waals surface area contributed by atoms with Crippen LogP contribution in [0.3, 0.4) is 0 Å². The highest BCUT2D eigenvalue weighted by molar-refractivity contribution is 7.09. The fourth-order valence-corrected chi connectivity index (χ4v) is 2.75. The van der Waals surface area contributed by atoms with Crippen molar-refractivity contribution in [2.24, 2.45) is 0 Å². The summed E-state index contributed by atoms with van der Waals surface area (Å²) in [7, 11) is 0. The van der Waals surface area contributed by atoms with Crippen LogP contribution in [0.4, 0.5) is 10.1 Å². The van der Waals surface area contributed by atoms with E-state index >= 15 is 0 Å². The molecule has 2 aromatic rings. The Morgan fingerprint density at radius 1 is 1.43 bits per heavy atom. The second-order valence-corrected chi connectivity index (χ2v) is 6.92. The third kappa shape index (κ3) is 4.10. The van der Waals surface area contributed by atoms with Gasteiger partial charge in [-0.2, -0.15) is 0 Å². The lowest BCUT2D eigenvalue weighted by Gasteiger charge is -2.14. The summed E-state index contributed by atoms with van der Waals surface area (Å²) in [6.45, 7) is 6.29. The molecule has 23 heavy (non-hydrogen) atoms. The zero-order valence-electron chi connectivity index (χ0n) is 12.9. The fraction of sp³-hybridized carbons (Fsp3) is 0.333. The van der Waals surface area contributed by atoms with Crippen molar-refractivity contribution >= 4 is 22.9 Å². The molecule has 0 saturated carbocycles. The lowest BCUT2D eigenvalue weighted by atomic mass is 9.93. The second kappa shape index (κ2) is 6.41. The van der Waals surface area contributed by atoms with Crippen LogP contribution in [0.5, 0.6) is 0 Å². The lowest BCUT2D eigenvalue weighted by molar-refractivity contribution is -0.385. The number of nitro groups is 1. The van der Waals surface area contributed by atoms with Crippen molar-refractivity contribution in [1.29, 1.82) is 0 Å². The molecule has 1 aromatic heterocycles. The van der Waals surface area contributed by atoms with E-state index in [9.17, 15) is 19.3 Å². The van der Waals surface area contributed by atoms with Crippen molar-refractivity contribution in [1.82, 2.24) is 10.3 Å². The Bertz CT molecular complexity index is 753. The maximum atomic E-state index is 13.8. The molecule has 122 valence electrons. The van der Waals surface area contributed by atoms with Crippen LogP contribution in [-0.2, 0) is 12.0 Å². The lowest BCUT2D eigenvalue weighted by Crippen LogP contribution is -2.24. The predicted molar refractivity (Wildman–Crippen MR) is 85.0 cm³/mol. The SMILES string of the molecule is CC(C)(C)c1csc(CNC(=O)c2ccc([N+](=O)[O-])cc2F)n1. The Hall–Kier alpha value is -2.35. The fourth-order valence-electron chi connectivity index (χ4n) is 1.79. The van der Waals surface area contributed by atoms with Gasteiger partial charge in [0.15, 0.2) is 0 Å². The van der Waals surface area contributed by atoms with Crippen molar-refractivity contribution in [2.45, 2.75) is 32.7 Å². The van der Waals surface area contributed by atoms with Crippen LogP contribution in [0, 0.1) is 15.9 Å². The quantitative estimate of drug-likeness (QED) is 0.684. The van der Waals surface area contributed by atoms with Crippen molar-refractivity contribution in [3.8, 4) is 0 Å². The van der Waals surface area contributed by atoms with Gasteiger partial charge in [0.05, 0.1) is 28.8 Å². The number of nitro benzene ring substituents is 1. The largest absolute Gasteiger partial charge is 0.345 e. The van der Waals surface area contributed by atoms with Crippen LogP contribution in [0.15, 0.2) is 23.6 Å². The van der Waals surface area contributed by atoms with Crippen molar-refractivity contribution in [3.05, 3.63) is 55.8 Å². The van der Waals surface area contributed by atoms with Crippen LogP contribution < -0.4 is 5.32 Å². The molecule has 0 radical (unpaired) electrons. The maximum Gasteiger partial charge on any atom is 0.272 e. The van der Waals surface area contributed by atoms with Gasteiger partial charge in [-0.05, 0) is 6.07 Å². The van der Waals surface area contributed by atoms with Crippen LogP contribution in [-0.4, -0.2) is 15.8 Å². The number of benzene rings is 1. The van der Waals surface area contributed by atoms with Gasteiger partial charge in [-0.25, -0.2) is 9.37 Å². The molecule has 1 aromatic carbocycles. The Labute approximate surface area is 136 Å². The summed E-state index contributed by atoms with van der Waals surface area (Å²) >= 11 is 1.42. The number of halogens is 1. The standard InChI is InChI=1S/C15H16FN3O3S/c1-15(2,3)12-8-23-13(18-12)7-17-14(20)10-5-4-9(19(21)22)6-11(10)16/h4-6,8H,7H2,1-3H3,(H,17,20). The van der Waals surface area contributed by atoms with Crippen molar-refractivity contribution < 1.29 is 14.1 Å². The van der Waals surface area contributed by atoms with E-state index in [0.29, 0.717) is 5.01 Å². The first-order valence-corrected chi connectivity index (χ1v) is 7.73. The average molecular weight is 337 g/mol. The molecule has 0 aliphatic heterocycles. The zero-order valence-corrected chi connectivity index (χ0v) is 13.7. The first kappa shape index (κ1) is 17.0. The number of hydrogen-bond donors (Lipinski definition) is 1. The number of amides is 1. The van der Waals surface area contributed by atoms with Gasteiger partial charge in [-0.1, -0.05) is 20.8 Å². The summed E-state index contributed by atoms with van der Waals surface area (Å²) in [6.07, 6.45) is 0. The molecule has 0 aliphatic rings. The third-order valence-corrected chi connectivity index (χ3v) is 3.98. The number of aromatic nitrogens is 1. The van der Waals surface area contributed by atoms with E-state index < -0.39 is 22.3 Å². The minimum atomic E-state index is -0.925. The zero-order chi connectivity index (χ0) is 17.2. The van der Waals surface area contributed by atoms with Crippen LogP contribution >= 0.6 is 11.3 Å². The van der Waals surface area contributed by atoms with E-state index in [4.69, 9.17) is 0 Å². The number of non-ortho nitro benzene ring substituents is 1. The summed E-state index contributed by atoms with van der Waals surface area (Å²) in [6, 6.07) is 2.93. The molecule has 1 heterocycles. The van der Waals surface area contributed by atoms with E-state index in [1.165, 1.54) is 11.3 Å².